The molecule has 1 amide bonds. The van der Waals surface area contributed by atoms with Crippen molar-refractivity contribution in [3.05, 3.63) is 99.8 Å². The van der Waals surface area contributed by atoms with Crippen LogP contribution in [0.15, 0.2) is 78.0 Å². The average Bonchev–Trinajstić information content (AvgIpc) is 3.50. The third kappa shape index (κ3) is 4.46. The molecule has 0 fully saturated rings. The molecule has 9 nitrogen and oxygen atoms in total. The lowest BCUT2D eigenvalue weighted by atomic mass is 10.1. The SMILES string of the molecule is O=C(NCCn1ncc2c(=O)n(Cc3cccc(Cl)c3)cnc21)c1cc(-c2ccccc2)n[nH]1. The van der Waals surface area contributed by atoms with Gasteiger partial charge in [-0.05, 0) is 23.8 Å². The van der Waals surface area contributed by atoms with Crippen LogP contribution in [0.4, 0.5) is 0 Å². The van der Waals surface area contributed by atoms with Gasteiger partial charge in [0, 0.05) is 17.1 Å². The van der Waals surface area contributed by atoms with Gasteiger partial charge in [-0.25, -0.2) is 9.67 Å². The molecule has 0 saturated carbocycles. The summed E-state index contributed by atoms with van der Waals surface area (Å²) in [6, 6.07) is 18.6. The first-order valence-electron chi connectivity index (χ1n) is 10.6. The summed E-state index contributed by atoms with van der Waals surface area (Å²) in [5.74, 6) is -0.275. The zero-order valence-corrected chi connectivity index (χ0v) is 18.7. The quantitative estimate of drug-likeness (QED) is 0.377. The number of H-pyrrole nitrogens is 1. The summed E-state index contributed by atoms with van der Waals surface area (Å²) in [6.45, 7) is 1.03. The Balaban J connectivity index is 1.24. The highest BCUT2D eigenvalue weighted by Gasteiger charge is 2.13. The molecule has 0 radical (unpaired) electrons. The molecule has 0 aliphatic rings. The lowest BCUT2D eigenvalue weighted by Crippen LogP contribution is -2.28. The summed E-state index contributed by atoms with van der Waals surface area (Å²) in [7, 11) is 0. The second-order valence-corrected chi connectivity index (χ2v) is 8.14. The van der Waals surface area contributed by atoms with Gasteiger partial charge in [-0.15, -0.1) is 0 Å². The van der Waals surface area contributed by atoms with E-state index >= 15 is 0 Å². The number of aromatic amines is 1. The normalized spacial score (nSPS) is 11.1. The van der Waals surface area contributed by atoms with E-state index < -0.39 is 0 Å². The Morgan fingerprint density at radius 2 is 1.94 bits per heavy atom. The van der Waals surface area contributed by atoms with Crippen molar-refractivity contribution in [3.63, 3.8) is 0 Å². The number of rotatable bonds is 7. The predicted octanol–water partition coefficient (Wildman–Crippen LogP) is 3.11. The molecule has 10 heteroatoms. The van der Waals surface area contributed by atoms with Crippen LogP contribution >= 0.6 is 11.6 Å². The molecule has 3 aromatic heterocycles. The molecule has 2 aromatic carbocycles. The number of nitrogens with zero attached hydrogens (tertiary/aromatic N) is 5. The van der Waals surface area contributed by atoms with E-state index in [9.17, 15) is 9.59 Å². The van der Waals surface area contributed by atoms with Crippen LogP contribution in [0.25, 0.3) is 22.3 Å². The molecule has 5 rings (SSSR count). The monoisotopic (exact) mass is 473 g/mol. The number of hydrogen-bond acceptors (Lipinski definition) is 5. The van der Waals surface area contributed by atoms with Crippen LogP contribution in [0.1, 0.15) is 16.1 Å². The highest BCUT2D eigenvalue weighted by Crippen LogP contribution is 2.17. The molecule has 0 aliphatic carbocycles. The lowest BCUT2D eigenvalue weighted by Gasteiger charge is -2.07. The fraction of sp³-hybridized carbons (Fsp3) is 0.125. The smallest absolute Gasteiger partial charge is 0.269 e. The van der Waals surface area contributed by atoms with Gasteiger partial charge >= 0.3 is 0 Å². The number of fused-ring (bicyclic) bond motifs is 1. The molecule has 3 heterocycles. The minimum atomic E-state index is -0.275. The van der Waals surface area contributed by atoms with Crippen LogP contribution in [-0.2, 0) is 13.1 Å². The summed E-state index contributed by atoms with van der Waals surface area (Å²) in [5.41, 5.74) is 3.17. The maximum Gasteiger partial charge on any atom is 0.269 e. The molecule has 0 bridgehead atoms. The van der Waals surface area contributed by atoms with Crippen LogP contribution in [0, 0.1) is 0 Å². The van der Waals surface area contributed by atoms with Crippen molar-refractivity contribution < 1.29 is 4.79 Å². The Morgan fingerprint density at radius 1 is 1.09 bits per heavy atom. The zero-order valence-electron chi connectivity index (χ0n) is 18.0. The summed E-state index contributed by atoms with van der Waals surface area (Å²) < 4.78 is 3.12. The van der Waals surface area contributed by atoms with Crippen molar-refractivity contribution in [2.75, 3.05) is 6.54 Å². The van der Waals surface area contributed by atoms with Crippen LogP contribution < -0.4 is 10.9 Å². The number of amides is 1. The third-order valence-electron chi connectivity index (χ3n) is 5.37. The number of hydrogen-bond donors (Lipinski definition) is 2. The average molecular weight is 474 g/mol. The second kappa shape index (κ2) is 9.32. The van der Waals surface area contributed by atoms with Gasteiger partial charge in [0.15, 0.2) is 5.65 Å². The number of halogens is 1. The van der Waals surface area contributed by atoms with Gasteiger partial charge in [0.1, 0.15) is 17.4 Å². The third-order valence-corrected chi connectivity index (χ3v) is 5.60. The van der Waals surface area contributed by atoms with Gasteiger partial charge in [0.05, 0.1) is 25.0 Å². The number of carbonyl (C=O) groups excluding carboxylic acids is 1. The van der Waals surface area contributed by atoms with E-state index in [0.717, 1.165) is 11.1 Å². The number of nitrogens with one attached hydrogen (secondary N) is 2. The summed E-state index contributed by atoms with van der Waals surface area (Å²) in [6.07, 6.45) is 3.00. The number of benzene rings is 2. The molecule has 0 unspecified atom stereocenters. The zero-order chi connectivity index (χ0) is 23.5. The van der Waals surface area contributed by atoms with Crippen molar-refractivity contribution in [1.29, 1.82) is 0 Å². The molecule has 5 aromatic rings. The first-order chi connectivity index (χ1) is 16.6. The van der Waals surface area contributed by atoms with E-state index in [2.05, 4.69) is 25.6 Å². The minimum Gasteiger partial charge on any atom is -0.349 e. The summed E-state index contributed by atoms with van der Waals surface area (Å²) in [4.78, 5) is 29.8. The first-order valence-corrected chi connectivity index (χ1v) is 11.0. The molecular weight excluding hydrogens is 454 g/mol. The molecule has 0 saturated heterocycles. The highest BCUT2D eigenvalue weighted by atomic mass is 35.5. The van der Waals surface area contributed by atoms with Gasteiger partial charge in [0.2, 0.25) is 0 Å². The van der Waals surface area contributed by atoms with Crippen LogP contribution in [-0.4, -0.2) is 42.0 Å². The van der Waals surface area contributed by atoms with E-state index in [1.165, 1.54) is 17.1 Å². The van der Waals surface area contributed by atoms with E-state index in [1.54, 1.807) is 16.8 Å². The largest absolute Gasteiger partial charge is 0.349 e. The molecule has 34 heavy (non-hydrogen) atoms. The standard InChI is InChI=1S/C24H20ClN7O2/c25-18-8-4-5-16(11-18)14-31-15-27-22-19(24(31)34)13-28-32(22)10-9-26-23(33)21-12-20(29-30-21)17-6-2-1-3-7-17/h1-8,11-13,15H,9-10,14H2,(H,26,33)(H,29,30). The molecule has 2 N–H and O–H groups in total. The topological polar surface area (TPSA) is 110 Å². The molecule has 0 atom stereocenters. The van der Waals surface area contributed by atoms with Gasteiger partial charge in [0.25, 0.3) is 11.5 Å². The summed E-state index contributed by atoms with van der Waals surface area (Å²) in [5, 5.41) is 15.1. The van der Waals surface area contributed by atoms with E-state index in [1.807, 2.05) is 48.5 Å². The van der Waals surface area contributed by atoms with E-state index in [-0.39, 0.29) is 11.5 Å². The van der Waals surface area contributed by atoms with Gasteiger partial charge in [-0.3, -0.25) is 19.3 Å². The van der Waals surface area contributed by atoms with Crippen LogP contribution in [0.5, 0.6) is 0 Å². The fourth-order valence-electron chi connectivity index (χ4n) is 3.67. The van der Waals surface area contributed by atoms with Crippen molar-refractivity contribution in [2.45, 2.75) is 13.1 Å². The Morgan fingerprint density at radius 3 is 2.76 bits per heavy atom. The lowest BCUT2D eigenvalue weighted by molar-refractivity contribution is 0.0947. The predicted molar refractivity (Wildman–Crippen MR) is 129 cm³/mol. The summed E-state index contributed by atoms with van der Waals surface area (Å²) >= 11 is 6.04. The Bertz CT molecular complexity index is 1520. The fourth-order valence-corrected chi connectivity index (χ4v) is 3.88. The maximum atomic E-state index is 12.9. The Labute approximate surface area is 199 Å². The first kappa shape index (κ1) is 21.6. The Hall–Kier alpha value is -4.24. The molecule has 170 valence electrons. The maximum absolute atomic E-state index is 12.9. The second-order valence-electron chi connectivity index (χ2n) is 7.70. The van der Waals surface area contributed by atoms with E-state index in [0.29, 0.717) is 47.1 Å². The van der Waals surface area contributed by atoms with Crippen molar-refractivity contribution in [1.82, 2.24) is 34.8 Å². The van der Waals surface area contributed by atoms with Gasteiger partial charge in [-0.2, -0.15) is 10.2 Å². The molecule has 0 spiro atoms. The van der Waals surface area contributed by atoms with E-state index in [4.69, 9.17) is 11.6 Å². The van der Waals surface area contributed by atoms with Gasteiger partial charge < -0.3 is 5.32 Å². The number of aromatic nitrogens is 6. The van der Waals surface area contributed by atoms with Crippen molar-refractivity contribution in [3.8, 4) is 11.3 Å². The van der Waals surface area contributed by atoms with Crippen molar-refractivity contribution in [2.24, 2.45) is 0 Å². The van der Waals surface area contributed by atoms with Crippen molar-refractivity contribution >= 4 is 28.5 Å². The van der Waals surface area contributed by atoms with Crippen LogP contribution in [0.3, 0.4) is 0 Å². The minimum absolute atomic E-state index is 0.189. The highest BCUT2D eigenvalue weighted by molar-refractivity contribution is 6.30. The van der Waals surface area contributed by atoms with Crippen LogP contribution in [0.2, 0.25) is 5.02 Å². The molecular formula is C24H20ClN7O2. The number of carbonyl (C=O) groups is 1. The van der Waals surface area contributed by atoms with Gasteiger partial charge in [-0.1, -0.05) is 54.1 Å². The molecule has 0 aliphatic heterocycles. The Kier molecular flexibility index (Phi) is 5.92.